The highest BCUT2D eigenvalue weighted by atomic mass is 28.3. The average Bonchev–Trinajstić information content (AvgIpc) is 2.49. The van der Waals surface area contributed by atoms with Crippen molar-refractivity contribution < 1.29 is 1.37 Å². The number of hydrogen-bond acceptors (Lipinski definition) is 0. The smallest absolute Gasteiger partial charge is 0.125 e. The molecular formula is C21H28Si. The Labute approximate surface area is 138 Å². The predicted octanol–water partition coefficient (Wildman–Crippen LogP) is 6.41. The lowest BCUT2D eigenvalue weighted by Crippen LogP contribution is -2.43. The van der Waals surface area contributed by atoms with Crippen LogP contribution < -0.4 is 0 Å². The maximum atomic E-state index is 8.48. The third-order valence-corrected chi connectivity index (χ3v) is 11.2. The van der Waals surface area contributed by atoms with Gasteiger partial charge < -0.3 is 0 Å². The van der Waals surface area contributed by atoms with Gasteiger partial charge in [0, 0.05) is 5.56 Å². The zero-order valence-corrected chi connectivity index (χ0v) is 15.7. The molecule has 22 heavy (non-hydrogen) atoms. The molecule has 2 rings (SSSR count). The van der Waals surface area contributed by atoms with E-state index in [4.69, 9.17) is 1.37 Å². The van der Waals surface area contributed by atoms with E-state index in [0.717, 1.165) is 16.3 Å². The Balaban J connectivity index is 2.57. The van der Waals surface area contributed by atoms with Gasteiger partial charge in [0.1, 0.15) is 8.07 Å². The molecule has 0 fully saturated rings. The van der Waals surface area contributed by atoms with Crippen LogP contribution in [0.5, 0.6) is 0 Å². The lowest BCUT2D eigenvalue weighted by atomic mass is 10.1. The van der Waals surface area contributed by atoms with E-state index >= 15 is 0 Å². The molecule has 0 N–H and O–H groups in total. The Bertz CT molecular complexity index is 725. The first-order chi connectivity index (χ1) is 10.8. The SMILES string of the molecule is [2H]c1c(C#C[Si](C(C)C)(C(C)C)C(C)C)ccc2ccccc12. The third-order valence-electron chi connectivity index (χ3n) is 4.94. The fourth-order valence-electron chi connectivity index (χ4n) is 3.80. The van der Waals surface area contributed by atoms with Crippen LogP contribution in [0, 0.1) is 11.5 Å². The molecule has 116 valence electrons. The van der Waals surface area contributed by atoms with E-state index < -0.39 is 8.07 Å². The van der Waals surface area contributed by atoms with Gasteiger partial charge in [0.25, 0.3) is 0 Å². The Morgan fingerprint density at radius 2 is 1.36 bits per heavy atom. The van der Waals surface area contributed by atoms with E-state index in [2.05, 4.69) is 65.1 Å². The highest BCUT2D eigenvalue weighted by Crippen LogP contribution is 2.40. The summed E-state index contributed by atoms with van der Waals surface area (Å²) in [5.41, 5.74) is 6.43. The number of rotatable bonds is 3. The van der Waals surface area contributed by atoms with Gasteiger partial charge in [-0.1, -0.05) is 77.8 Å². The second-order valence-corrected chi connectivity index (χ2v) is 12.7. The molecule has 0 aliphatic rings. The van der Waals surface area contributed by atoms with E-state index in [1.54, 1.807) is 0 Å². The molecule has 0 bridgehead atoms. The molecular weight excluding hydrogens is 280 g/mol. The molecule has 0 aliphatic heterocycles. The standard InChI is InChI=1S/C21H28Si/c1-16(2)22(17(3)4,18(5)6)14-13-19-11-12-20-9-7-8-10-21(20)15-19/h7-12,15-18H,1-6H3/i15D. The lowest BCUT2D eigenvalue weighted by molar-refractivity contribution is 0.838. The monoisotopic (exact) mass is 309 g/mol. The van der Waals surface area contributed by atoms with Gasteiger partial charge in [-0.15, -0.1) is 5.54 Å². The summed E-state index contributed by atoms with van der Waals surface area (Å²) in [6.45, 7) is 13.9. The van der Waals surface area contributed by atoms with Crippen LogP contribution in [0.4, 0.5) is 0 Å². The predicted molar refractivity (Wildman–Crippen MR) is 102 cm³/mol. The molecule has 0 atom stereocenters. The molecule has 0 nitrogen and oxygen atoms in total. The summed E-state index contributed by atoms with van der Waals surface area (Å²) >= 11 is 0. The van der Waals surface area contributed by atoms with Crippen LogP contribution in [0.2, 0.25) is 16.6 Å². The van der Waals surface area contributed by atoms with Crippen LogP contribution in [0.25, 0.3) is 10.8 Å². The molecule has 0 radical (unpaired) electrons. The second kappa shape index (κ2) is 6.71. The first-order valence-corrected chi connectivity index (χ1v) is 10.6. The fourth-order valence-corrected chi connectivity index (χ4v) is 9.01. The summed E-state index contributed by atoms with van der Waals surface area (Å²) < 4.78 is 8.48. The summed E-state index contributed by atoms with van der Waals surface area (Å²) in [5, 5.41) is 2.10. The zero-order chi connectivity index (χ0) is 17.2. The molecule has 0 saturated carbocycles. The minimum atomic E-state index is -1.75. The van der Waals surface area contributed by atoms with Crippen LogP contribution in [-0.2, 0) is 0 Å². The molecule has 0 spiro atoms. The van der Waals surface area contributed by atoms with Gasteiger partial charge in [-0.3, -0.25) is 0 Å². The van der Waals surface area contributed by atoms with E-state index in [1.165, 1.54) is 0 Å². The second-order valence-electron chi connectivity index (χ2n) is 7.11. The summed E-state index contributed by atoms with van der Waals surface area (Å²) in [6, 6.07) is 12.7. The van der Waals surface area contributed by atoms with Crippen molar-refractivity contribution in [3.05, 3.63) is 48.0 Å². The fraction of sp³-hybridized carbons (Fsp3) is 0.429. The Kier molecular flexibility index (Phi) is 4.69. The Morgan fingerprint density at radius 3 is 1.91 bits per heavy atom. The number of benzene rings is 2. The van der Waals surface area contributed by atoms with Gasteiger partial charge in [-0.05, 0) is 39.5 Å². The number of hydrogen-bond donors (Lipinski definition) is 0. The molecule has 0 aromatic heterocycles. The summed E-state index contributed by atoms with van der Waals surface area (Å²) in [6.07, 6.45) is 0. The molecule has 1 heteroatoms. The van der Waals surface area contributed by atoms with Crippen LogP contribution >= 0.6 is 0 Å². The summed E-state index contributed by atoms with van der Waals surface area (Å²) in [4.78, 5) is 0. The minimum absolute atomic E-state index is 0.565. The Morgan fingerprint density at radius 1 is 0.818 bits per heavy atom. The van der Waals surface area contributed by atoms with Crippen molar-refractivity contribution in [3.63, 3.8) is 0 Å². The van der Waals surface area contributed by atoms with Crippen LogP contribution in [0.1, 0.15) is 48.5 Å². The van der Waals surface area contributed by atoms with Gasteiger partial charge in [0.2, 0.25) is 0 Å². The van der Waals surface area contributed by atoms with Crippen molar-refractivity contribution in [1.82, 2.24) is 0 Å². The Hall–Kier alpha value is -1.52. The van der Waals surface area contributed by atoms with Gasteiger partial charge in [0.05, 0.1) is 1.37 Å². The first-order valence-electron chi connectivity index (χ1n) is 8.82. The van der Waals surface area contributed by atoms with Gasteiger partial charge in [-0.25, -0.2) is 0 Å². The van der Waals surface area contributed by atoms with Crippen molar-refractivity contribution in [3.8, 4) is 11.5 Å². The van der Waals surface area contributed by atoms with Crippen molar-refractivity contribution in [2.45, 2.75) is 58.2 Å². The van der Waals surface area contributed by atoms with Gasteiger partial charge >= 0.3 is 0 Å². The molecule has 0 saturated heterocycles. The van der Waals surface area contributed by atoms with Crippen LogP contribution in [0.15, 0.2) is 42.4 Å². The summed E-state index contributed by atoms with van der Waals surface area (Å²) in [7, 11) is -1.75. The minimum Gasteiger partial charge on any atom is -0.125 e. The molecule has 0 heterocycles. The first kappa shape index (κ1) is 15.4. The van der Waals surface area contributed by atoms with Crippen LogP contribution in [-0.4, -0.2) is 8.07 Å². The van der Waals surface area contributed by atoms with E-state index in [9.17, 15) is 0 Å². The lowest BCUT2D eigenvalue weighted by Gasteiger charge is -2.38. The third kappa shape index (κ3) is 3.13. The highest BCUT2D eigenvalue weighted by Gasteiger charge is 2.41. The van der Waals surface area contributed by atoms with Crippen molar-refractivity contribution >= 4 is 18.8 Å². The highest BCUT2D eigenvalue weighted by molar-refractivity contribution is 6.90. The maximum absolute atomic E-state index is 8.48. The van der Waals surface area contributed by atoms with Crippen LogP contribution in [0.3, 0.4) is 0 Å². The topological polar surface area (TPSA) is 0 Å². The van der Waals surface area contributed by atoms with Crippen molar-refractivity contribution in [2.75, 3.05) is 0 Å². The van der Waals surface area contributed by atoms with E-state index in [0.29, 0.717) is 22.7 Å². The van der Waals surface area contributed by atoms with Gasteiger partial charge in [0.15, 0.2) is 0 Å². The number of fused-ring (bicyclic) bond motifs is 1. The molecule has 2 aromatic carbocycles. The van der Waals surface area contributed by atoms with Crippen molar-refractivity contribution in [2.24, 2.45) is 0 Å². The normalized spacial score (nSPS) is 12.7. The average molecular weight is 310 g/mol. The maximum Gasteiger partial charge on any atom is 0.146 e. The zero-order valence-electron chi connectivity index (χ0n) is 15.7. The summed E-state index contributed by atoms with van der Waals surface area (Å²) in [5.74, 6) is 3.41. The van der Waals surface area contributed by atoms with Crippen molar-refractivity contribution in [1.29, 1.82) is 0 Å². The van der Waals surface area contributed by atoms with E-state index in [-0.39, 0.29) is 0 Å². The largest absolute Gasteiger partial charge is 0.146 e. The van der Waals surface area contributed by atoms with E-state index in [1.807, 2.05) is 24.3 Å². The molecule has 0 unspecified atom stereocenters. The molecule has 0 aliphatic carbocycles. The molecule has 0 amide bonds. The molecule has 2 aromatic rings. The quantitative estimate of drug-likeness (QED) is 0.454. The van der Waals surface area contributed by atoms with Gasteiger partial charge in [-0.2, -0.15) is 0 Å².